The van der Waals surface area contributed by atoms with Gasteiger partial charge >= 0.3 is 4.87 Å². The van der Waals surface area contributed by atoms with Gasteiger partial charge < -0.3 is 19.7 Å². The van der Waals surface area contributed by atoms with Gasteiger partial charge in [-0.15, -0.1) is 12.4 Å². The van der Waals surface area contributed by atoms with Crippen molar-refractivity contribution >= 4 is 55.6 Å². The van der Waals surface area contributed by atoms with E-state index in [1.165, 1.54) is 0 Å². The number of primary sulfonamides is 1. The molecule has 2 aromatic carbocycles. The van der Waals surface area contributed by atoms with E-state index < -0.39 is 15.5 Å². The molecule has 0 aliphatic heterocycles. The minimum Gasteiger partial charge on any atom is -0.506 e. The fraction of sp³-hybridized carbons (Fsp3) is 0.409. The summed E-state index contributed by atoms with van der Waals surface area (Å²) in [7, 11) is -3.86. The molecule has 1 atom stereocenters. The van der Waals surface area contributed by atoms with Crippen molar-refractivity contribution in [2.24, 2.45) is 5.14 Å². The van der Waals surface area contributed by atoms with Gasteiger partial charge in [-0.2, -0.15) is 0 Å². The minimum atomic E-state index is -3.86. The lowest BCUT2D eigenvalue weighted by Crippen LogP contribution is -2.36. The number of thiazole rings is 1. The van der Waals surface area contributed by atoms with Crippen molar-refractivity contribution in [1.29, 1.82) is 0 Å². The number of hydrogen-bond acceptors (Lipinski definition) is 7. The standard InChI is InChI=1S/C22H28ClN3O5S2.ClH/c1-2-26(12-9-16-5-8-18(27)20-21(16)32-22(28)25-20)13-10-19(33(24,29)30)31-14-11-15-3-6-17(23)7-4-15;/h3-8,19,27H,2,9-14H2,1H3,(H,25,28)(H2,24,29,30);1H. The normalized spacial score (nSPS) is 12.7. The second-order valence-corrected chi connectivity index (χ2v) is 10.8. The highest BCUT2D eigenvalue weighted by Crippen LogP contribution is 2.28. The molecule has 0 aliphatic carbocycles. The summed E-state index contributed by atoms with van der Waals surface area (Å²) in [6, 6.07) is 10.7. The van der Waals surface area contributed by atoms with Crippen molar-refractivity contribution in [1.82, 2.24) is 9.88 Å². The maximum absolute atomic E-state index is 12.0. The first-order chi connectivity index (χ1) is 15.7. The number of halogens is 2. The summed E-state index contributed by atoms with van der Waals surface area (Å²) in [5.74, 6) is 0.0474. The van der Waals surface area contributed by atoms with Gasteiger partial charge in [0.1, 0.15) is 11.3 Å². The number of aromatic amines is 1. The van der Waals surface area contributed by atoms with Crippen molar-refractivity contribution in [2.45, 2.75) is 31.6 Å². The van der Waals surface area contributed by atoms with Gasteiger partial charge in [0.2, 0.25) is 10.0 Å². The van der Waals surface area contributed by atoms with Crippen LogP contribution in [0.1, 0.15) is 24.5 Å². The van der Waals surface area contributed by atoms with E-state index in [2.05, 4.69) is 9.88 Å². The summed E-state index contributed by atoms with van der Waals surface area (Å²) < 4.78 is 30.5. The molecule has 0 bridgehead atoms. The van der Waals surface area contributed by atoms with E-state index in [1.54, 1.807) is 18.2 Å². The highest BCUT2D eigenvalue weighted by Gasteiger charge is 2.23. The Hall–Kier alpha value is -1.66. The average molecular weight is 551 g/mol. The maximum Gasteiger partial charge on any atom is 0.305 e. The number of aromatic hydroxyl groups is 1. The third kappa shape index (κ3) is 7.94. The summed E-state index contributed by atoms with van der Waals surface area (Å²) >= 11 is 6.95. The largest absolute Gasteiger partial charge is 0.506 e. The Bertz CT molecular complexity index is 1230. The van der Waals surface area contributed by atoms with Crippen molar-refractivity contribution in [2.75, 3.05) is 26.2 Å². The zero-order valence-electron chi connectivity index (χ0n) is 18.7. The van der Waals surface area contributed by atoms with Gasteiger partial charge in [0.05, 0.1) is 11.3 Å². The van der Waals surface area contributed by atoms with Gasteiger partial charge in [0, 0.05) is 24.5 Å². The van der Waals surface area contributed by atoms with Gasteiger partial charge in [-0.05, 0) is 48.7 Å². The van der Waals surface area contributed by atoms with E-state index in [-0.39, 0.29) is 36.1 Å². The van der Waals surface area contributed by atoms with E-state index in [1.807, 2.05) is 25.1 Å². The molecule has 0 amide bonds. The Labute approximate surface area is 214 Å². The number of nitrogens with one attached hydrogen (secondary N) is 1. The number of phenolic OH excluding ortho intramolecular Hbond substituents is 1. The Morgan fingerprint density at radius 2 is 1.88 bits per heavy atom. The van der Waals surface area contributed by atoms with Gasteiger partial charge in [-0.3, -0.25) is 4.79 Å². The molecule has 0 fully saturated rings. The smallest absolute Gasteiger partial charge is 0.305 e. The third-order valence-corrected chi connectivity index (χ3v) is 7.75. The predicted molar refractivity (Wildman–Crippen MR) is 140 cm³/mol. The second kappa shape index (κ2) is 12.9. The van der Waals surface area contributed by atoms with Gasteiger partial charge in [-0.25, -0.2) is 13.6 Å². The van der Waals surface area contributed by atoms with E-state index >= 15 is 0 Å². The van der Waals surface area contributed by atoms with Crippen LogP contribution in [0.5, 0.6) is 5.75 Å². The highest BCUT2D eigenvalue weighted by molar-refractivity contribution is 7.89. The Morgan fingerprint density at radius 1 is 1.18 bits per heavy atom. The van der Waals surface area contributed by atoms with E-state index in [0.29, 0.717) is 43.0 Å². The molecular formula is C22H29Cl2N3O5S2. The maximum atomic E-state index is 12.0. The van der Waals surface area contributed by atoms with Crippen LogP contribution in [0.4, 0.5) is 0 Å². The molecule has 1 unspecified atom stereocenters. The van der Waals surface area contributed by atoms with E-state index in [9.17, 15) is 18.3 Å². The van der Waals surface area contributed by atoms with Crippen molar-refractivity contribution in [3.05, 3.63) is 62.2 Å². The first-order valence-electron chi connectivity index (χ1n) is 10.6. The number of hydrogen-bond donors (Lipinski definition) is 3. The number of phenols is 1. The zero-order valence-corrected chi connectivity index (χ0v) is 21.9. The number of H-pyrrole nitrogens is 1. The molecule has 1 heterocycles. The summed E-state index contributed by atoms with van der Waals surface area (Å²) in [4.78, 5) is 16.2. The molecule has 12 heteroatoms. The Morgan fingerprint density at radius 3 is 2.53 bits per heavy atom. The molecule has 0 spiro atoms. The first-order valence-corrected chi connectivity index (χ1v) is 13.4. The molecule has 0 radical (unpaired) electrons. The molecule has 3 aromatic rings. The fourth-order valence-corrected chi connectivity index (χ4v) is 5.31. The van der Waals surface area contributed by atoms with Gasteiger partial charge in [-0.1, -0.05) is 48.1 Å². The average Bonchev–Trinajstić information content (AvgIpc) is 3.16. The van der Waals surface area contributed by atoms with Gasteiger partial charge in [0.25, 0.3) is 0 Å². The molecule has 8 nitrogen and oxygen atoms in total. The molecule has 3 rings (SSSR count). The lowest BCUT2D eigenvalue weighted by Gasteiger charge is -2.23. The zero-order chi connectivity index (χ0) is 24.0. The first kappa shape index (κ1) is 28.6. The molecule has 0 saturated carbocycles. The summed E-state index contributed by atoms with van der Waals surface area (Å²) in [5.41, 5.74) is 1.31. The van der Waals surface area contributed by atoms with Crippen LogP contribution in [0, 0.1) is 0 Å². The number of fused-ring (bicyclic) bond motifs is 1. The van der Waals surface area contributed by atoms with Gasteiger partial charge in [0.15, 0.2) is 5.44 Å². The molecule has 34 heavy (non-hydrogen) atoms. The quantitative estimate of drug-likeness (QED) is 0.317. The number of nitrogens with two attached hydrogens (primary N) is 1. The molecule has 1 aromatic heterocycles. The van der Waals surface area contributed by atoms with Crippen molar-refractivity contribution in [3.8, 4) is 5.75 Å². The summed E-state index contributed by atoms with van der Waals surface area (Å²) in [6.07, 6.45) is 1.45. The van der Waals surface area contributed by atoms with Crippen LogP contribution >= 0.6 is 35.3 Å². The molecule has 0 saturated heterocycles. The van der Waals surface area contributed by atoms with Crippen LogP contribution in [0.25, 0.3) is 10.2 Å². The molecular weight excluding hydrogens is 521 g/mol. The summed E-state index contributed by atoms with van der Waals surface area (Å²) in [6.45, 7) is 4.08. The van der Waals surface area contributed by atoms with Crippen LogP contribution < -0.4 is 10.0 Å². The highest BCUT2D eigenvalue weighted by atomic mass is 35.5. The van der Waals surface area contributed by atoms with Crippen molar-refractivity contribution < 1.29 is 18.3 Å². The Kier molecular flexibility index (Phi) is 10.8. The summed E-state index contributed by atoms with van der Waals surface area (Å²) in [5, 5.41) is 16.0. The number of sulfonamides is 1. The number of benzene rings is 2. The van der Waals surface area contributed by atoms with E-state index in [0.717, 1.165) is 27.2 Å². The lowest BCUT2D eigenvalue weighted by atomic mass is 10.1. The predicted octanol–water partition coefficient (Wildman–Crippen LogP) is 3.50. The lowest BCUT2D eigenvalue weighted by molar-refractivity contribution is 0.0927. The SMILES string of the molecule is CCN(CCc1ccc(O)c2[nH]c(=O)sc12)CCC(OCCc1ccc(Cl)cc1)S(N)(=O)=O.Cl. The van der Waals surface area contributed by atoms with Crippen LogP contribution in [-0.4, -0.2) is 55.1 Å². The molecule has 188 valence electrons. The van der Waals surface area contributed by atoms with Crippen LogP contribution in [0.15, 0.2) is 41.2 Å². The van der Waals surface area contributed by atoms with Crippen LogP contribution in [0.3, 0.4) is 0 Å². The van der Waals surface area contributed by atoms with Crippen LogP contribution in [-0.2, 0) is 27.6 Å². The minimum absolute atomic E-state index is 0. The Balaban J connectivity index is 0.00000408. The van der Waals surface area contributed by atoms with Crippen molar-refractivity contribution in [3.63, 3.8) is 0 Å². The number of ether oxygens (including phenoxy) is 1. The topological polar surface area (TPSA) is 126 Å². The fourth-order valence-electron chi connectivity index (χ4n) is 3.57. The van der Waals surface area contributed by atoms with E-state index in [4.69, 9.17) is 21.5 Å². The molecule has 0 aliphatic rings. The second-order valence-electron chi connectivity index (χ2n) is 7.70. The van der Waals surface area contributed by atoms with Crippen LogP contribution in [0.2, 0.25) is 5.02 Å². The number of aromatic nitrogens is 1. The molecule has 4 N–H and O–H groups in total. The number of rotatable bonds is 12. The monoisotopic (exact) mass is 549 g/mol. The number of likely N-dealkylation sites (N-methyl/N-ethyl adjacent to an activating group) is 1. The number of nitrogens with zero attached hydrogens (tertiary/aromatic N) is 1. The third-order valence-electron chi connectivity index (χ3n) is 5.44.